The van der Waals surface area contributed by atoms with E-state index in [1.807, 2.05) is 32.3 Å². The van der Waals surface area contributed by atoms with Crippen LogP contribution in [0.15, 0.2) is 30.6 Å². The third kappa shape index (κ3) is 3.34. The molecule has 0 aliphatic rings. The third-order valence-electron chi connectivity index (χ3n) is 2.74. The molecule has 5 heteroatoms. The van der Waals surface area contributed by atoms with E-state index in [1.54, 1.807) is 17.9 Å². The highest BCUT2D eigenvalue weighted by Crippen LogP contribution is 2.25. The summed E-state index contributed by atoms with van der Waals surface area (Å²) in [7, 11) is 3.46. The molecule has 0 radical (unpaired) electrons. The van der Waals surface area contributed by atoms with Gasteiger partial charge in [0.1, 0.15) is 5.75 Å². The number of aromatic nitrogens is 2. The molecule has 1 heterocycles. The summed E-state index contributed by atoms with van der Waals surface area (Å²) in [5.74, 6) is 0.534. The van der Waals surface area contributed by atoms with Crippen LogP contribution in [-0.2, 0) is 11.8 Å². The minimum absolute atomic E-state index is 0.0203. The van der Waals surface area contributed by atoms with Gasteiger partial charge in [0.15, 0.2) is 6.61 Å². The quantitative estimate of drug-likeness (QED) is 0.905. The number of hydrogen-bond donors (Lipinski definition) is 1. The first-order valence-corrected chi connectivity index (χ1v) is 6.02. The van der Waals surface area contributed by atoms with Crippen molar-refractivity contribution in [2.45, 2.75) is 6.92 Å². The van der Waals surface area contributed by atoms with Crippen LogP contribution in [0.4, 0.5) is 0 Å². The van der Waals surface area contributed by atoms with Gasteiger partial charge < -0.3 is 10.1 Å². The van der Waals surface area contributed by atoms with Crippen LogP contribution in [0.2, 0.25) is 0 Å². The van der Waals surface area contributed by atoms with Gasteiger partial charge in [0.2, 0.25) is 0 Å². The number of hydrogen-bond acceptors (Lipinski definition) is 3. The molecule has 19 heavy (non-hydrogen) atoms. The number of nitrogens with zero attached hydrogens (tertiary/aromatic N) is 2. The first kappa shape index (κ1) is 13.1. The maximum atomic E-state index is 11.2. The summed E-state index contributed by atoms with van der Waals surface area (Å²) in [5, 5.41) is 6.67. The molecule has 0 aliphatic heterocycles. The van der Waals surface area contributed by atoms with Crippen LogP contribution in [0, 0.1) is 6.92 Å². The molecular formula is C14H17N3O2. The molecule has 0 saturated carbocycles. The highest BCUT2D eigenvalue weighted by molar-refractivity contribution is 5.77. The summed E-state index contributed by atoms with van der Waals surface area (Å²) >= 11 is 0. The summed E-state index contributed by atoms with van der Waals surface area (Å²) in [6, 6.07) is 5.87. The lowest BCUT2D eigenvalue weighted by Crippen LogP contribution is -2.24. The molecule has 0 atom stereocenters. The summed E-state index contributed by atoms with van der Waals surface area (Å²) < 4.78 is 7.22. The zero-order chi connectivity index (χ0) is 13.8. The van der Waals surface area contributed by atoms with Gasteiger partial charge in [0.05, 0.1) is 6.20 Å². The number of carbonyl (C=O) groups is 1. The fraction of sp³-hybridized carbons (Fsp3) is 0.286. The molecule has 0 saturated heterocycles. The van der Waals surface area contributed by atoms with Crippen molar-refractivity contribution in [3.8, 4) is 16.9 Å². The molecule has 2 aromatic rings. The molecule has 1 N–H and O–H groups in total. The zero-order valence-electron chi connectivity index (χ0n) is 11.3. The van der Waals surface area contributed by atoms with Crippen molar-refractivity contribution in [3.63, 3.8) is 0 Å². The van der Waals surface area contributed by atoms with Crippen molar-refractivity contribution in [2.75, 3.05) is 13.7 Å². The molecule has 0 spiro atoms. The molecule has 5 nitrogen and oxygen atoms in total. The van der Waals surface area contributed by atoms with Crippen molar-refractivity contribution in [3.05, 3.63) is 36.2 Å². The minimum atomic E-state index is -0.149. The standard InChI is InChI=1S/C14H17N3O2/c1-10-4-11(12-7-16-17(3)8-12)6-13(5-10)19-9-14(18)15-2/h4-8H,9H2,1-3H3,(H,15,18). The molecule has 1 aromatic carbocycles. The predicted octanol–water partition coefficient (Wildman–Crippen LogP) is 1.52. The Hall–Kier alpha value is -2.30. The van der Waals surface area contributed by atoms with E-state index in [2.05, 4.69) is 16.5 Å². The normalized spacial score (nSPS) is 10.3. The molecule has 1 aromatic heterocycles. The van der Waals surface area contributed by atoms with Gasteiger partial charge in [-0.2, -0.15) is 5.10 Å². The van der Waals surface area contributed by atoms with E-state index in [1.165, 1.54) is 0 Å². The molecule has 0 fully saturated rings. The van der Waals surface area contributed by atoms with Gasteiger partial charge in [-0.05, 0) is 30.2 Å². The van der Waals surface area contributed by atoms with E-state index in [4.69, 9.17) is 4.74 Å². The number of rotatable bonds is 4. The maximum Gasteiger partial charge on any atom is 0.257 e. The molecule has 100 valence electrons. The average molecular weight is 259 g/mol. The highest BCUT2D eigenvalue weighted by Gasteiger charge is 2.06. The first-order valence-electron chi connectivity index (χ1n) is 6.02. The monoisotopic (exact) mass is 259 g/mol. The Morgan fingerprint density at radius 3 is 2.79 bits per heavy atom. The van der Waals surface area contributed by atoms with Gasteiger partial charge in [0.25, 0.3) is 5.91 Å². The Balaban J connectivity index is 2.22. The molecule has 0 aliphatic carbocycles. The Morgan fingerprint density at radius 2 is 2.16 bits per heavy atom. The molecule has 0 unspecified atom stereocenters. The highest BCUT2D eigenvalue weighted by atomic mass is 16.5. The van der Waals surface area contributed by atoms with E-state index >= 15 is 0 Å². The Kier molecular flexibility index (Phi) is 3.85. The molecular weight excluding hydrogens is 242 g/mol. The lowest BCUT2D eigenvalue weighted by Gasteiger charge is -2.08. The lowest BCUT2D eigenvalue weighted by atomic mass is 10.1. The van der Waals surface area contributed by atoms with Crippen LogP contribution in [0.25, 0.3) is 11.1 Å². The van der Waals surface area contributed by atoms with E-state index in [0.717, 1.165) is 16.7 Å². The van der Waals surface area contributed by atoms with Crippen LogP contribution in [0.1, 0.15) is 5.56 Å². The number of benzene rings is 1. The lowest BCUT2D eigenvalue weighted by molar-refractivity contribution is -0.122. The van der Waals surface area contributed by atoms with E-state index in [0.29, 0.717) is 5.75 Å². The summed E-state index contributed by atoms with van der Waals surface area (Å²) in [5.41, 5.74) is 3.13. The van der Waals surface area contributed by atoms with Gasteiger partial charge in [-0.15, -0.1) is 0 Å². The van der Waals surface area contributed by atoms with E-state index < -0.39 is 0 Å². The maximum absolute atomic E-state index is 11.2. The number of amides is 1. The number of likely N-dealkylation sites (N-methyl/N-ethyl adjacent to an activating group) is 1. The van der Waals surface area contributed by atoms with Crippen molar-refractivity contribution >= 4 is 5.91 Å². The Morgan fingerprint density at radius 1 is 1.37 bits per heavy atom. The Bertz CT molecular complexity index is 590. The largest absolute Gasteiger partial charge is 0.484 e. The number of aryl methyl sites for hydroxylation is 2. The fourth-order valence-electron chi connectivity index (χ4n) is 1.79. The average Bonchev–Trinajstić information content (AvgIpc) is 2.82. The SMILES string of the molecule is CNC(=O)COc1cc(C)cc(-c2cnn(C)c2)c1. The minimum Gasteiger partial charge on any atom is -0.484 e. The molecule has 2 rings (SSSR count). The van der Waals surface area contributed by atoms with E-state index in [-0.39, 0.29) is 12.5 Å². The van der Waals surface area contributed by atoms with Gasteiger partial charge in [-0.1, -0.05) is 6.07 Å². The third-order valence-corrected chi connectivity index (χ3v) is 2.74. The van der Waals surface area contributed by atoms with Crippen LogP contribution < -0.4 is 10.1 Å². The zero-order valence-corrected chi connectivity index (χ0v) is 11.3. The van der Waals surface area contributed by atoms with Gasteiger partial charge in [-0.25, -0.2) is 0 Å². The summed E-state index contributed by atoms with van der Waals surface area (Å²) in [4.78, 5) is 11.2. The Labute approximate surface area is 112 Å². The smallest absolute Gasteiger partial charge is 0.257 e. The number of ether oxygens (including phenoxy) is 1. The summed E-state index contributed by atoms with van der Waals surface area (Å²) in [6.07, 6.45) is 3.74. The van der Waals surface area contributed by atoms with Gasteiger partial charge >= 0.3 is 0 Å². The van der Waals surface area contributed by atoms with Crippen LogP contribution in [0.3, 0.4) is 0 Å². The second-order valence-electron chi connectivity index (χ2n) is 4.40. The van der Waals surface area contributed by atoms with Crippen LogP contribution in [-0.4, -0.2) is 29.3 Å². The molecule has 1 amide bonds. The van der Waals surface area contributed by atoms with Crippen molar-refractivity contribution in [2.24, 2.45) is 7.05 Å². The van der Waals surface area contributed by atoms with Gasteiger partial charge in [-0.3, -0.25) is 9.48 Å². The predicted molar refractivity (Wildman–Crippen MR) is 72.9 cm³/mol. The van der Waals surface area contributed by atoms with Crippen molar-refractivity contribution in [1.82, 2.24) is 15.1 Å². The van der Waals surface area contributed by atoms with E-state index in [9.17, 15) is 4.79 Å². The van der Waals surface area contributed by atoms with Crippen LogP contribution >= 0.6 is 0 Å². The first-order chi connectivity index (χ1) is 9.08. The fourth-order valence-corrected chi connectivity index (χ4v) is 1.79. The second kappa shape index (κ2) is 5.56. The molecule has 0 bridgehead atoms. The number of nitrogens with one attached hydrogen (secondary N) is 1. The topological polar surface area (TPSA) is 56.1 Å². The van der Waals surface area contributed by atoms with Gasteiger partial charge in [0, 0.05) is 25.9 Å². The van der Waals surface area contributed by atoms with Crippen molar-refractivity contribution in [1.29, 1.82) is 0 Å². The number of carbonyl (C=O) groups excluding carboxylic acids is 1. The van der Waals surface area contributed by atoms with Crippen LogP contribution in [0.5, 0.6) is 5.75 Å². The second-order valence-corrected chi connectivity index (χ2v) is 4.40. The van der Waals surface area contributed by atoms with Crippen molar-refractivity contribution < 1.29 is 9.53 Å². The summed E-state index contributed by atoms with van der Waals surface area (Å²) in [6.45, 7) is 2.01.